The number of hydrogen-bond donors (Lipinski definition) is 2. The maximum Gasteiger partial charge on any atom is 0.186 e. The summed E-state index contributed by atoms with van der Waals surface area (Å²) in [6, 6.07) is 0. The normalized spacial score (nSPS) is 9.62. The molecule has 0 aliphatic rings. The van der Waals surface area contributed by atoms with Gasteiger partial charge in [0.05, 0.1) is 6.54 Å². The van der Waals surface area contributed by atoms with Gasteiger partial charge in [-0.05, 0) is 6.92 Å². The summed E-state index contributed by atoms with van der Waals surface area (Å²) in [5.74, 6) is 0.142. The monoisotopic (exact) mass is 113 g/mol. The van der Waals surface area contributed by atoms with E-state index in [0.717, 1.165) is 0 Å². The van der Waals surface area contributed by atoms with E-state index in [9.17, 15) is 0 Å². The molecule has 8 heavy (non-hydrogen) atoms. The van der Waals surface area contributed by atoms with Gasteiger partial charge in [-0.25, -0.2) is 4.99 Å². The van der Waals surface area contributed by atoms with Crippen molar-refractivity contribution in [1.29, 1.82) is 0 Å². The molecule has 3 heteroatoms. The molecular weight excluding hydrogens is 102 g/mol. The summed E-state index contributed by atoms with van der Waals surface area (Å²) in [7, 11) is 0. The fourth-order valence-electron chi connectivity index (χ4n) is 0.264. The van der Waals surface area contributed by atoms with Crippen molar-refractivity contribution < 1.29 is 0 Å². The molecule has 0 heterocycles. The number of allylic oxidation sites excluding steroid dienone is 1. The third kappa shape index (κ3) is 5.01. The molecule has 0 amide bonds. The molecule has 46 valence electrons. The first-order valence-corrected chi connectivity index (χ1v) is 2.44. The van der Waals surface area contributed by atoms with Crippen LogP contribution >= 0.6 is 0 Å². The van der Waals surface area contributed by atoms with Crippen LogP contribution in [0.1, 0.15) is 6.92 Å². The Morgan fingerprint density at radius 3 is 2.62 bits per heavy atom. The van der Waals surface area contributed by atoms with Crippen molar-refractivity contribution in [2.24, 2.45) is 16.5 Å². The molecule has 0 spiro atoms. The number of guanidine groups is 1. The van der Waals surface area contributed by atoms with Gasteiger partial charge < -0.3 is 11.5 Å². The highest BCUT2D eigenvalue weighted by Crippen LogP contribution is 1.70. The highest BCUT2D eigenvalue weighted by Gasteiger charge is 1.72. The van der Waals surface area contributed by atoms with Crippen LogP contribution in [0.2, 0.25) is 0 Å². The summed E-state index contributed by atoms with van der Waals surface area (Å²) in [6.07, 6.45) is 3.77. The molecule has 0 fully saturated rings. The van der Waals surface area contributed by atoms with Crippen molar-refractivity contribution in [1.82, 2.24) is 0 Å². The number of aliphatic imine (C=N–C) groups is 1. The number of nitrogens with two attached hydrogens (primary N) is 2. The average Bonchev–Trinajstić information content (AvgIpc) is 1.66. The van der Waals surface area contributed by atoms with Gasteiger partial charge in [0.1, 0.15) is 0 Å². The number of nitrogens with zero attached hydrogens (tertiary/aromatic N) is 1. The Hall–Kier alpha value is -0.990. The Morgan fingerprint density at radius 1 is 1.62 bits per heavy atom. The summed E-state index contributed by atoms with van der Waals surface area (Å²) >= 11 is 0. The van der Waals surface area contributed by atoms with Crippen LogP contribution in [0.3, 0.4) is 0 Å². The lowest BCUT2D eigenvalue weighted by molar-refractivity contribution is 1.21. The first-order chi connectivity index (χ1) is 3.77. The summed E-state index contributed by atoms with van der Waals surface area (Å²) in [4.78, 5) is 3.70. The lowest BCUT2D eigenvalue weighted by Gasteiger charge is -1.84. The Balaban J connectivity index is 3.30. The van der Waals surface area contributed by atoms with Gasteiger partial charge >= 0.3 is 0 Å². The van der Waals surface area contributed by atoms with E-state index in [4.69, 9.17) is 11.5 Å². The van der Waals surface area contributed by atoms with Gasteiger partial charge in [-0.1, -0.05) is 12.2 Å². The molecule has 0 saturated heterocycles. The molecule has 0 rings (SSSR count). The second kappa shape index (κ2) is 4.18. The molecule has 4 N–H and O–H groups in total. The molecule has 0 bridgehead atoms. The predicted octanol–water partition coefficient (Wildman–Crippen LogP) is -0.164. The second-order valence-electron chi connectivity index (χ2n) is 1.33. The van der Waals surface area contributed by atoms with Gasteiger partial charge in [-0.2, -0.15) is 0 Å². The van der Waals surface area contributed by atoms with Crippen molar-refractivity contribution in [3.05, 3.63) is 12.2 Å². The molecule has 0 aromatic rings. The maximum atomic E-state index is 5.03. The Morgan fingerprint density at radius 2 is 2.25 bits per heavy atom. The van der Waals surface area contributed by atoms with Crippen LogP contribution in [0, 0.1) is 0 Å². The van der Waals surface area contributed by atoms with E-state index < -0.39 is 0 Å². The molecule has 0 atom stereocenters. The fraction of sp³-hybridized carbons (Fsp3) is 0.400. The molecule has 3 nitrogen and oxygen atoms in total. The summed E-state index contributed by atoms with van der Waals surface area (Å²) < 4.78 is 0. The summed E-state index contributed by atoms with van der Waals surface area (Å²) in [5.41, 5.74) is 10.1. The van der Waals surface area contributed by atoms with E-state index in [1.165, 1.54) is 0 Å². The molecular formula is C5H11N3. The van der Waals surface area contributed by atoms with E-state index in [-0.39, 0.29) is 5.96 Å². The molecule has 0 aliphatic carbocycles. The van der Waals surface area contributed by atoms with Crippen molar-refractivity contribution in [2.75, 3.05) is 6.54 Å². The predicted molar refractivity (Wildman–Crippen MR) is 35.5 cm³/mol. The van der Waals surface area contributed by atoms with Crippen molar-refractivity contribution in [3.63, 3.8) is 0 Å². The van der Waals surface area contributed by atoms with E-state index in [0.29, 0.717) is 6.54 Å². The Bertz CT molecular complexity index is 100. The van der Waals surface area contributed by atoms with Gasteiger partial charge in [0, 0.05) is 0 Å². The first kappa shape index (κ1) is 7.01. The largest absolute Gasteiger partial charge is 0.370 e. The van der Waals surface area contributed by atoms with Gasteiger partial charge in [0.2, 0.25) is 0 Å². The first-order valence-electron chi connectivity index (χ1n) is 2.44. The Labute approximate surface area is 49.1 Å². The van der Waals surface area contributed by atoms with Crippen LogP contribution in [0.25, 0.3) is 0 Å². The molecule has 0 radical (unpaired) electrons. The number of hydrogen-bond acceptors (Lipinski definition) is 1. The molecule has 0 aromatic carbocycles. The SMILES string of the molecule is CC=CCN=C(N)N. The zero-order chi connectivity index (χ0) is 6.41. The average molecular weight is 113 g/mol. The topological polar surface area (TPSA) is 64.4 Å². The highest BCUT2D eigenvalue weighted by molar-refractivity contribution is 5.75. The molecule has 0 aromatic heterocycles. The van der Waals surface area contributed by atoms with Crippen molar-refractivity contribution in [2.45, 2.75) is 6.92 Å². The zero-order valence-electron chi connectivity index (χ0n) is 4.96. The fourth-order valence-corrected chi connectivity index (χ4v) is 0.264. The summed E-state index contributed by atoms with van der Waals surface area (Å²) in [5, 5.41) is 0. The quantitative estimate of drug-likeness (QED) is 0.297. The smallest absolute Gasteiger partial charge is 0.186 e. The maximum absolute atomic E-state index is 5.03. The van der Waals surface area contributed by atoms with Crippen LogP contribution in [0.15, 0.2) is 17.1 Å². The van der Waals surface area contributed by atoms with Crippen LogP contribution in [0.4, 0.5) is 0 Å². The van der Waals surface area contributed by atoms with Crippen molar-refractivity contribution >= 4 is 5.96 Å². The van der Waals surface area contributed by atoms with E-state index in [1.807, 2.05) is 19.1 Å². The van der Waals surface area contributed by atoms with Crippen LogP contribution in [-0.2, 0) is 0 Å². The van der Waals surface area contributed by atoms with Gasteiger partial charge in [-0.15, -0.1) is 0 Å². The minimum atomic E-state index is 0.142. The van der Waals surface area contributed by atoms with Gasteiger partial charge in [0.15, 0.2) is 5.96 Å². The second-order valence-corrected chi connectivity index (χ2v) is 1.33. The standard InChI is InChI=1S/C5H11N3/c1-2-3-4-8-5(6)7/h2-3H,4H2,1H3,(H4,6,7,8). The zero-order valence-corrected chi connectivity index (χ0v) is 4.96. The third-order valence-corrected chi connectivity index (χ3v) is 0.615. The highest BCUT2D eigenvalue weighted by atomic mass is 15.0. The van der Waals surface area contributed by atoms with Crippen LogP contribution in [-0.4, -0.2) is 12.5 Å². The van der Waals surface area contributed by atoms with E-state index >= 15 is 0 Å². The van der Waals surface area contributed by atoms with Gasteiger partial charge in [0.25, 0.3) is 0 Å². The van der Waals surface area contributed by atoms with Crippen LogP contribution in [0.5, 0.6) is 0 Å². The van der Waals surface area contributed by atoms with E-state index in [2.05, 4.69) is 4.99 Å². The minimum Gasteiger partial charge on any atom is -0.370 e. The lowest BCUT2D eigenvalue weighted by atomic mass is 10.5. The number of rotatable bonds is 2. The molecule has 0 aliphatic heterocycles. The lowest BCUT2D eigenvalue weighted by Crippen LogP contribution is -2.22. The third-order valence-electron chi connectivity index (χ3n) is 0.615. The van der Waals surface area contributed by atoms with E-state index in [1.54, 1.807) is 0 Å². The Kier molecular flexibility index (Phi) is 3.66. The molecule has 0 saturated carbocycles. The molecule has 0 unspecified atom stereocenters. The summed E-state index contributed by atoms with van der Waals surface area (Å²) in [6.45, 7) is 2.50. The minimum absolute atomic E-state index is 0.142. The van der Waals surface area contributed by atoms with Crippen LogP contribution < -0.4 is 11.5 Å². The van der Waals surface area contributed by atoms with Gasteiger partial charge in [-0.3, -0.25) is 0 Å². The van der Waals surface area contributed by atoms with Crippen molar-refractivity contribution in [3.8, 4) is 0 Å².